The molecule has 0 saturated carbocycles. The monoisotopic (exact) mass is 439 g/mol. The van der Waals surface area contributed by atoms with E-state index in [-0.39, 0.29) is 0 Å². The van der Waals surface area contributed by atoms with Crippen molar-refractivity contribution < 1.29 is 23.1 Å². The lowest BCUT2D eigenvalue weighted by atomic mass is 9.93. The van der Waals surface area contributed by atoms with E-state index in [1.165, 1.54) is 6.42 Å². The predicted octanol–water partition coefficient (Wildman–Crippen LogP) is 3.75. The molecule has 31 heavy (non-hydrogen) atoms. The summed E-state index contributed by atoms with van der Waals surface area (Å²) in [5.41, 5.74) is 7.98. The van der Waals surface area contributed by atoms with Crippen LogP contribution in [0.25, 0.3) is 0 Å². The lowest BCUT2D eigenvalue weighted by Crippen LogP contribution is -2.44. The number of nitrogens with zero attached hydrogens (tertiary/aromatic N) is 4. The normalized spacial score (nSPS) is 18.7. The maximum absolute atomic E-state index is 10.6. The number of anilines is 3. The lowest BCUT2D eigenvalue weighted by molar-refractivity contribution is -0.192. The summed E-state index contributed by atoms with van der Waals surface area (Å²) in [6.07, 6.45) is -2.72. The summed E-state index contributed by atoms with van der Waals surface area (Å²) in [5.74, 6) is -0.469. The van der Waals surface area contributed by atoms with Crippen molar-refractivity contribution in [2.24, 2.45) is 11.7 Å². The maximum Gasteiger partial charge on any atom is 0.490 e. The molecule has 1 aromatic carbocycles. The summed E-state index contributed by atoms with van der Waals surface area (Å²) in [6.45, 7) is 6.01. The van der Waals surface area contributed by atoms with Gasteiger partial charge in [0.2, 0.25) is 5.95 Å². The Morgan fingerprint density at radius 3 is 2.42 bits per heavy atom. The molecule has 2 heterocycles. The van der Waals surface area contributed by atoms with Crippen molar-refractivity contribution in [2.75, 3.05) is 29.9 Å². The highest BCUT2D eigenvalue weighted by Crippen LogP contribution is 2.28. The third-order valence-electron chi connectivity index (χ3n) is 5.12. The summed E-state index contributed by atoms with van der Waals surface area (Å²) >= 11 is 0. The summed E-state index contributed by atoms with van der Waals surface area (Å²) < 4.78 is 31.7. The molecule has 7 nitrogen and oxygen atoms in total. The molecule has 2 unspecified atom stereocenters. The van der Waals surface area contributed by atoms with Crippen LogP contribution in [-0.2, 0) is 4.79 Å². The van der Waals surface area contributed by atoms with Gasteiger partial charge >= 0.3 is 12.1 Å². The molecule has 0 aliphatic carbocycles. The Morgan fingerprint density at radius 1 is 1.26 bits per heavy atom. The highest BCUT2D eigenvalue weighted by atomic mass is 19.4. The van der Waals surface area contributed by atoms with Gasteiger partial charge in [-0.15, -0.1) is 0 Å². The first-order chi connectivity index (χ1) is 14.5. The van der Waals surface area contributed by atoms with Gasteiger partial charge in [0, 0.05) is 37.1 Å². The number of benzene rings is 1. The first-order valence-electron chi connectivity index (χ1n) is 9.94. The van der Waals surface area contributed by atoms with E-state index in [1.807, 2.05) is 37.1 Å². The van der Waals surface area contributed by atoms with Crippen molar-refractivity contribution in [3.05, 3.63) is 42.1 Å². The summed E-state index contributed by atoms with van der Waals surface area (Å²) in [4.78, 5) is 22.8. The van der Waals surface area contributed by atoms with Crippen LogP contribution < -0.4 is 15.5 Å². The molecule has 0 bridgehead atoms. The summed E-state index contributed by atoms with van der Waals surface area (Å²) in [7, 11) is 2.01. The fraction of sp³-hybridized carbons (Fsp3) is 0.476. The molecular formula is C21H28F3N5O2. The van der Waals surface area contributed by atoms with E-state index in [0.29, 0.717) is 12.0 Å². The van der Waals surface area contributed by atoms with Gasteiger partial charge in [-0.25, -0.2) is 9.78 Å². The molecule has 3 rings (SSSR count). The van der Waals surface area contributed by atoms with Crippen LogP contribution in [0.15, 0.2) is 36.4 Å². The van der Waals surface area contributed by atoms with Crippen LogP contribution in [0.3, 0.4) is 0 Å². The summed E-state index contributed by atoms with van der Waals surface area (Å²) in [5, 5.41) is 7.12. The fourth-order valence-corrected chi connectivity index (χ4v) is 3.29. The fourth-order valence-electron chi connectivity index (χ4n) is 3.29. The van der Waals surface area contributed by atoms with E-state index in [0.717, 1.165) is 42.7 Å². The Bertz CT molecular complexity index is 864. The third kappa shape index (κ3) is 6.81. The van der Waals surface area contributed by atoms with Crippen LogP contribution in [0.4, 0.5) is 30.6 Å². The van der Waals surface area contributed by atoms with E-state index in [2.05, 4.69) is 35.0 Å². The molecule has 1 aliphatic rings. The molecule has 0 radical (unpaired) electrons. The Morgan fingerprint density at radius 2 is 1.87 bits per heavy atom. The van der Waals surface area contributed by atoms with Crippen molar-refractivity contribution in [2.45, 2.75) is 38.9 Å². The van der Waals surface area contributed by atoms with Crippen LogP contribution >= 0.6 is 0 Å². The van der Waals surface area contributed by atoms with Crippen LogP contribution in [0.1, 0.15) is 25.5 Å². The highest BCUT2D eigenvalue weighted by Gasteiger charge is 2.38. The van der Waals surface area contributed by atoms with Crippen molar-refractivity contribution in [3.63, 3.8) is 0 Å². The second-order valence-corrected chi connectivity index (χ2v) is 7.55. The molecule has 1 aliphatic heterocycles. The van der Waals surface area contributed by atoms with E-state index < -0.39 is 12.1 Å². The van der Waals surface area contributed by atoms with Gasteiger partial charge in [0.15, 0.2) is 0 Å². The third-order valence-corrected chi connectivity index (χ3v) is 5.12. The van der Waals surface area contributed by atoms with E-state index in [9.17, 15) is 13.2 Å². The zero-order valence-electron chi connectivity index (χ0n) is 17.8. The standard InChI is InChI=1S/C19H27N5.C2HF3O2/c1-14-11-18(24-13-16(12-20)10-9-15(24)2)22-19(21-14)23(3)17-7-5-4-6-8-17;3-2(4,5)1(6)7/h4-8,11,15-16H,9-10,12-13,20H2,1-3H3;(H,6,7). The number of hydrogen-bond acceptors (Lipinski definition) is 6. The first-order valence-corrected chi connectivity index (χ1v) is 9.94. The number of carbonyl (C=O) groups is 1. The number of alkyl halides is 3. The largest absolute Gasteiger partial charge is 0.490 e. The molecule has 1 fully saturated rings. The SMILES string of the molecule is Cc1cc(N2CC(CN)CCC2C)nc(N(C)c2ccccc2)n1.O=C(O)C(F)(F)F. The Balaban J connectivity index is 0.000000423. The van der Waals surface area contributed by atoms with Crippen molar-refractivity contribution in [1.82, 2.24) is 9.97 Å². The molecular weight excluding hydrogens is 411 g/mol. The van der Waals surface area contributed by atoms with Gasteiger partial charge in [-0.1, -0.05) is 18.2 Å². The average molecular weight is 439 g/mol. The highest BCUT2D eigenvalue weighted by molar-refractivity contribution is 5.73. The van der Waals surface area contributed by atoms with Crippen LogP contribution in [0.2, 0.25) is 0 Å². The second-order valence-electron chi connectivity index (χ2n) is 7.55. The van der Waals surface area contributed by atoms with Gasteiger partial charge in [-0.3, -0.25) is 0 Å². The number of carboxylic acids is 1. The van der Waals surface area contributed by atoms with Gasteiger partial charge in [0.1, 0.15) is 5.82 Å². The number of halogens is 3. The van der Waals surface area contributed by atoms with Crippen LogP contribution in [-0.4, -0.2) is 53.4 Å². The Kier molecular flexibility index (Phi) is 8.21. The van der Waals surface area contributed by atoms with Crippen molar-refractivity contribution in [3.8, 4) is 0 Å². The van der Waals surface area contributed by atoms with Gasteiger partial charge in [0.05, 0.1) is 0 Å². The molecule has 10 heteroatoms. The number of nitrogens with two attached hydrogens (primary N) is 1. The minimum Gasteiger partial charge on any atom is -0.475 e. The molecule has 0 amide bonds. The second kappa shape index (κ2) is 10.4. The van der Waals surface area contributed by atoms with E-state index in [1.54, 1.807) is 0 Å². The predicted molar refractivity (Wildman–Crippen MR) is 114 cm³/mol. The quantitative estimate of drug-likeness (QED) is 0.749. The minimum absolute atomic E-state index is 0.483. The molecule has 1 aromatic heterocycles. The topological polar surface area (TPSA) is 95.6 Å². The van der Waals surface area contributed by atoms with Crippen LogP contribution in [0, 0.1) is 12.8 Å². The molecule has 3 N–H and O–H groups in total. The number of hydrogen-bond donors (Lipinski definition) is 2. The van der Waals surface area contributed by atoms with Gasteiger partial charge in [-0.05, 0) is 51.3 Å². The smallest absolute Gasteiger partial charge is 0.475 e. The zero-order chi connectivity index (χ0) is 23.2. The van der Waals surface area contributed by atoms with Gasteiger partial charge in [0.25, 0.3) is 0 Å². The van der Waals surface area contributed by atoms with Crippen molar-refractivity contribution >= 4 is 23.4 Å². The number of carboxylic acid groups (broad SMARTS) is 1. The molecule has 170 valence electrons. The zero-order valence-corrected chi connectivity index (χ0v) is 17.8. The number of aryl methyl sites for hydroxylation is 1. The number of piperidine rings is 1. The van der Waals surface area contributed by atoms with E-state index >= 15 is 0 Å². The van der Waals surface area contributed by atoms with E-state index in [4.69, 9.17) is 20.6 Å². The number of rotatable bonds is 4. The number of aliphatic carboxylic acids is 1. The summed E-state index contributed by atoms with van der Waals surface area (Å²) in [6, 6.07) is 12.8. The minimum atomic E-state index is -5.08. The Hall–Kier alpha value is -2.88. The number of para-hydroxylation sites is 1. The van der Waals surface area contributed by atoms with Gasteiger partial charge in [-0.2, -0.15) is 18.2 Å². The Labute approximate surface area is 179 Å². The van der Waals surface area contributed by atoms with Crippen LogP contribution in [0.5, 0.6) is 0 Å². The molecule has 2 atom stereocenters. The number of aromatic nitrogens is 2. The molecule has 0 spiro atoms. The lowest BCUT2D eigenvalue weighted by Gasteiger charge is -2.38. The maximum atomic E-state index is 10.6. The molecule has 1 saturated heterocycles. The van der Waals surface area contributed by atoms with Gasteiger partial charge < -0.3 is 20.6 Å². The molecule has 2 aromatic rings. The average Bonchev–Trinajstić information content (AvgIpc) is 2.73. The van der Waals surface area contributed by atoms with Crippen molar-refractivity contribution in [1.29, 1.82) is 0 Å². The first kappa shape index (κ1) is 24.4.